The van der Waals surface area contributed by atoms with E-state index < -0.39 is 0 Å². The topological polar surface area (TPSA) is 26.0 Å². The van der Waals surface area contributed by atoms with E-state index in [-0.39, 0.29) is 0 Å². The van der Waals surface area contributed by atoms with Crippen molar-refractivity contribution in [3.8, 4) is 0 Å². The van der Waals surface area contributed by atoms with Gasteiger partial charge in [0.25, 0.3) is 0 Å². The fraction of sp³-hybridized carbons (Fsp3) is 0.500. The minimum atomic E-state index is 0.726. The molecule has 0 spiro atoms. The molecule has 18 heavy (non-hydrogen) atoms. The Morgan fingerprint density at radius 3 is 2.28 bits per heavy atom. The maximum atomic E-state index is 5.80. The summed E-state index contributed by atoms with van der Waals surface area (Å²) >= 11 is 4.06. The molecule has 1 nitrogen and oxygen atoms in total. The van der Waals surface area contributed by atoms with Crippen LogP contribution < -0.4 is 5.73 Å². The molecule has 0 saturated carbocycles. The number of rotatable bonds is 8. The summed E-state index contributed by atoms with van der Waals surface area (Å²) < 4.78 is 0. The second-order valence-corrected chi connectivity index (χ2v) is 5.06. The highest BCUT2D eigenvalue weighted by atomic mass is 32.1. The summed E-state index contributed by atoms with van der Waals surface area (Å²) in [7, 11) is 0. The molecule has 0 aliphatic rings. The molecular formula is C16H25NS. The zero-order chi connectivity index (χ0) is 13.2. The summed E-state index contributed by atoms with van der Waals surface area (Å²) in [4.78, 5) is 0. The molecule has 0 heterocycles. The molecule has 0 aliphatic carbocycles. The van der Waals surface area contributed by atoms with Gasteiger partial charge < -0.3 is 5.73 Å². The maximum absolute atomic E-state index is 5.80. The van der Waals surface area contributed by atoms with Crippen molar-refractivity contribution in [2.75, 3.05) is 0 Å². The van der Waals surface area contributed by atoms with Crippen LogP contribution >= 0.6 is 12.6 Å². The van der Waals surface area contributed by atoms with Crippen LogP contribution in [0.3, 0.4) is 0 Å². The summed E-state index contributed by atoms with van der Waals surface area (Å²) in [5.41, 5.74) is 8.98. The minimum absolute atomic E-state index is 0.726. The van der Waals surface area contributed by atoms with Gasteiger partial charge in [0.15, 0.2) is 0 Å². The van der Waals surface area contributed by atoms with E-state index in [0.717, 1.165) is 11.3 Å². The van der Waals surface area contributed by atoms with Crippen LogP contribution in [0.15, 0.2) is 29.7 Å². The van der Waals surface area contributed by atoms with Crippen molar-refractivity contribution in [2.24, 2.45) is 5.73 Å². The van der Waals surface area contributed by atoms with Crippen LogP contribution in [-0.2, 0) is 6.42 Å². The molecule has 2 N–H and O–H groups in total. The average molecular weight is 263 g/mol. The molecule has 0 atom stereocenters. The van der Waals surface area contributed by atoms with Crippen LogP contribution in [-0.4, -0.2) is 0 Å². The van der Waals surface area contributed by atoms with E-state index in [1.54, 1.807) is 5.41 Å². The summed E-state index contributed by atoms with van der Waals surface area (Å²) in [5.74, 6) is 0. The first-order valence-electron chi connectivity index (χ1n) is 6.97. The van der Waals surface area contributed by atoms with E-state index in [4.69, 9.17) is 5.73 Å². The van der Waals surface area contributed by atoms with Gasteiger partial charge in [-0.2, -0.15) is 0 Å². The standard InChI is InChI=1S/C16H25NS/c1-2-3-4-5-6-7-8-14-9-11-15(12-10-14)16(17)13-18/h9-13,18H,2-8,17H2,1H3/b16-13-. The van der Waals surface area contributed by atoms with Crippen molar-refractivity contribution in [2.45, 2.75) is 51.9 Å². The molecule has 0 radical (unpaired) electrons. The molecule has 0 amide bonds. The van der Waals surface area contributed by atoms with Gasteiger partial charge in [-0.15, -0.1) is 12.6 Å². The van der Waals surface area contributed by atoms with E-state index in [0.29, 0.717) is 0 Å². The van der Waals surface area contributed by atoms with Crippen LogP contribution in [0, 0.1) is 0 Å². The van der Waals surface area contributed by atoms with E-state index in [2.05, 4.69) is 43.8 Å². The predicted molar refractivity (Wildman–Crippen MR) is 84.7 cm³/mol. The highest BCUT2D eigenvalue weighted by molar-refractivity contribution is 7.83. The molecule has 2 heteroatoms. The number of nitrogens with two attached hydrogens (primary N) is 1. The smallest absolute Gasteiger partial charge is 0.0449 e. The Morgan fingerprint density at radius 1 is 1.06 bits per heavy atom. The molecule has 1 aromatic carbocycles. The van der Waals surface area contributed by atoms with Crippen molar-refractivity contribution in [3.63, 3.8) is 0 Å². The molecule has 0 fully saturated rings. The monoisotopic (exact) mass is 263 g/mol. The third-order valence-corrected chi connectivity index (χ3v) is 3.52. The van der Waals surface area contributed by atoms with Crippen LogP contribution in [0.5, 0.6) is 0 Å². The number of hydrogen-bond acceptors (Lipinski definition) is 2. The Kier molecular flexibility index (Phi) is 7.66. The van der Waals surface area contributed by atoms with Crippen LogP contribution in [0.1, 0.15) is 56.6 Å². The summed E-state index contributed by atoms with van der Waals surface area (Å²) in [6.45, 7) is 2.26. The van der Waals surface area contributed by atoms with Gasteiger partial charge in [-0.3, -0.25) is 0 Å². The third-order valence-electron chi connectivity index (χ3n) is 3.25. The molecular weight excluding hydrogens is 238 g/mol. The SMILES string of the molecule is CCCCCCCCc1ccc(/C(N)=C/S)cc1. The molecule has 0 bridgehead atoms. The van der Waals surface area contributed by atoms with E-state index in [9.17, 15) is 0 Å². The lowest BCUT2D eigenvalue weighted by atomic mass is 10.0. The zero-order valence-corrected chi connectivity index (χ0v) is 12.3. The first-order valence-corrected chi connectivity index (χ1v) is 7.48. The predicted octanol–water partition coefficient (Wildman–Crippen LogP) is 4.78. The van der Waals surface area contributed by atoms with E-state index >= 15 is 0 Å². The molecule has 0 unspecified atom stereocenters. The first-order chi connectivity index (χ1) is 8.77. The molecule has 0 aliphatic heterocycles. The van der Waals surface area contributed by atoms with E-state index in [1.165, 1.54) is 50.5 Å². The third kappa shape index (κ3) is 5.63. The van der Waals surface area contributed by atoms with Gasteiger partial charge in [0, 0.05) is 5.70 Å². The van der Waals surface area contributed by atoms with E-state index in [1.807, 2.05) is 0 Å². The fourth-order valence-electron chi connectivity index (χ4n) is 2.05. The van der Waals surface area contributed by atoms with Gasteiger partial charge in [-0.05, 0) is 29.4 Å². The number of aryl methyl sites for hydroxylation is 1. The van der Waals surface area contributed by atoms with Crippen molar-refractivity contribution in [1.29, 1.82) is 0 Å². The molecule has 100 valence electrons. The highest BCUT2D eigenvalue weighted by Crippen LogP contribution is 2.14. The lowest BCUT2D eigenvalue weighted by Crippen LogP contribution is -1.95. The number of hydrogen-bond donors (Lipinski definition) is 2. The van der Waals surface area contributed by atoms with Gasteiger partial charge in [-0.25, -0.2) is 0 Å². The van der Waals surface area contributed by atoms with Gasteiger partial charge in [0.1, 0.15) is 0 Å². The van der Waals surface area contributed by atoms with Crippen molar-refractivity contribution >= 4 is 18.3 Å². The van der Waals surface area contributed by atoms with Crippen molar-refractivity contribution < 1.29 is 0 Å². The summed E-state index contributed by atoms with van der Waals surface area (Å²) in [5, 5.41) is 1.64. The van der Waals surface area contributed by atoms with Crippen molar-refractivity contribution in [1.82, 2.24) is 0 Å². The van der Waals surface area contributed by atoms with Crippen LogP contribution in [0.25, 0.3) is 5.70 Å². The van der Waals surface area contributed by atoms with Crippen LogP contribution in [0.2, 0.25) is 0 Å². The quantitative estimate of drug-likeness (QED) is 0.512. The normalized spacial score (nSPS) is 11.8. The highest BCUT2D eigenvalue weighted by Gasteiger charge is 1.97. The number of unbranched alkanes of at least 4 members (excludes halogenated alkanes) is 5. The molecule has 1 rings (SSSR count). The van der Waals surface area contributed by atoms with Gasteiger partial charge in [0.2, 0.25) is 0 Å². The maximum Gasteiger partial charge on any atom is 0.0449 e. The van der Waals surface area contributed by atoms with Crippen molar-refractivity contribution in [3.05, 3.63) is 40.8 Å². The van der Waals surface area contributed by atoms with Gasteiger partial charge >= 0.3 is 0 Å². The molecule has 1 aromatic rings. The first kappa shape index (κ1) is 15.2. The summed E-state index contributed by atoms with van der Waals surface area (Å²) in [6, 6.07) is 8.50. The average Bonchev–Trinajstić information content (AvgIpc) is 2.42. The number of thiol groups is 1. The minimum Gasteiger partial charge on any atom is -0.398 e. The molecule has 0 saturated heterocycles. The Hall–Kier alpha value is -0.890. The Labute approximate surface area is 117 Å². The largest absolute Gasteiger partial charge is 0.398 e. The Balaban J connectivity index is 2.27. The Morgan fingerprint density at radius 2 is 1.67 bits per heavy atom. The van der Waals surface area contributed by atoms with Gasteiger partial charge in [-0.1, -0.05) is 63.3 Å². The Bertz CT molecular complexity index is 354. The zero-order valence-electron chi connectivity index (χ0n) is 11.4. The lowest BCUT2D eigenvalue weighted by Gasteiger charge is -2.04. The second-order valence-electron chi connectivity index (χ2n) is 4.80. The molecule has 0 aromatic heterocycles. The second kappa shape index (κ2) is 9.09. The summed E-state index contributed by atoms with van der Waals surface area (Å²) in [6.07, 6.45) is 9.28. The number of benzene rings is 1. The van der Waals surface area contributed by atoms with Gasteiger partial charge in [0.05, 0.1) is 0 Å². The van der Waals surface area contributed by atoms with Crippen LogP contribution in [0.4, 0.5) is 0 Å². The lowest BCUT2D eigenvalue weighted by molar-refractivity contribution is 0.607. The fourth-order valence-corrected chi connectivity index (χ4v) is 2.20.